The molecule has 1 saturated carbocycles. The van der Waals surface area contributed by atoms with E-state index in [0.717, 1.165) is 47.8 Å². The summed E-state index contributed by atoms with van der Waals surface area (Å²) < 4.78 is 3.83. The summed E-state index contributed by atoms with van der Waals surface area (Å²) >= 11 is 0. The second-order valence-electron chi connectivity index (χ2n) is 8.55. The fraction of sp³-hybridized carbons (Fsp3) is 0.333. The Kier molecular flexibility index (Phi) is 5.22. The molecule has 2 N–H and O–H groups in total. The number of rotatable bonds is 4. The highest BCUT2D eigenvalue weighted by Crippen LogP contribution is 2.35. The van der Waals surface area contributed by atoms with E-state index < -0.39 is 0 Å². The molecule has 4 aromatic rings. The van der Waals surface area contributed by atoms with Crippen molar-refractivity contribution < 1.29 is 9.90 Å². The van der Waals surface area contributed by atoms with Gasteiger partial charge in [0.15, 0.2) is 0 Å². The zero-order valence-corrected chi connectivity index (χ0v) is 18.2. The molecule has 1 fully saturated rings. The highest BCUT2D eigenvalue weighted by Gasteiger charge is 2.26. The van der Waals surface area contributed by atoms with Gasteiger partial charge in [-0.25, -0.2) is 4.98 Å². The summed E-state index contributed by atoms with van der Waals surface area (Å²) in [5.41, 5.74) is 5.03. The molecule has 0 spiro atoms. The Balaban J connectivity index is 1.48. The van der Waals surface area contributed by atoms with Gasteiger partial charge < -0.3 is 9.67 Å². The lowest BCUT2D eigenvalue weighted by molar-refractivity contribution is 0.102. The molecule has 1 amide bonds. The molecule has 0 bridgehead atoms. The molecular formula is C24H26N6O2. The van der Waals surface area contributed by atoms with E-state index in [4.69, 9.17) is 4.98 Å². The number of nitrogens with zero attached hydrogens (tertiary/aromatic N) is 5. The van der Waals surface area contributed by atoms with Gasteiger partial charge in [-0.1, -0.05) is 6.07 Å². The molecular weight excluding hydrogens is 404 g/mol. The minimum Gasteiger partial charge on any atom is -0.393 e. The normalized spacial score (nSPS) is 18.7. The number of aryl methyl sites for hydroxylation is 2. The van der Waals surface area contributed by atoms with Crippen LogP contribution in [0.1, 0.15) is 47.6 Å². The number of aliphatic hydroxyl groups excluding tert-OH is 1. The molecule has 32 heavy (non-hydrogen) atoms. The number of hydrogen-bond acceptors (Lipinski definition) is 5. The van der Waals surface area contributed by atoms with Gasteiger partial charge in [0.1, 0.15) is 0 Å². The second kappa shape index (κ2) is 8.20. The van der Waals surface area contributed by atoms with Crippen LogP contribution in [-0.4, -0.2) is 41.4 Å². The number of anilines is 1. The molecule has 1 aromatic carbocycles. The molecule has 8 nitrogen and oxygen atoms in total. The van der Waals surface area contributed by atoms with Crippen LogP contribution < -0.4 is 5.32 Å². The van der Waals surface area contributed by atoms with Crippen molar-refractivity contribution in [2.75, 3.05) is 5.32 Å². The summed E-state index contributed by atoms with van der Waals surface area (Å²) in [7, 11) is 1.84. The predicted molar refractivity (Wildman–Crippen MR) is 122 cm³/mol. The maximum Gasteiger partial charge on any atom is 0.258 e. The minimum absolute atomic E-state index is 0.185. The van der Waals surface area contributed by atoms with E-state index in [-0.39, 0.29) is 18.1 Å². The molecule has 164 valence electrons. The van der Waals surface area contributed by atoms with Gasteiger partial charge in [-0.3, -0.25) is 19.8 Å². The van der Waals surface area contributed by atoms with Crippen LogP contribution in [0.15, 0.2) is 48.9 Å². The lowest BCUT2D eigenvalue weighted by atomic mass is 9.93. The quantitative estimate of drug-likeness (QED) is 0.512. The number of nitrogens with one attached hydrogen (secondary N) is 1. The minimum atomic E-state index is -0.246. The van der Waals surface area contributed by atoms with Crippen LogP contribution >= 0.6 is 0 Å². The van der Waals surface area contributed by atoms with Crippen molar-refractivity contribution >= 4 is 22.9 Å². The summed E-state index contributed by atoms with van der Waals surface area (Å²) in [6.45, 7) is 2.03. The Morgan fingerprint density at radius 2 is 1.97 bits per heavy atom. The van der Waals surface area contributed by atoms with Crippen LogP contribution in [0, 0.1) is 6.92 Å². The van der Waals surface area contributed by atoms with Crippen molar-refractivity contribution in [3.63, 3.8) is 0 Å². The third kappa shape index (κ3) is 3.89. The Hall–Kier alpha value is -3.52. The smallest absolute Gasteiger partial charge is 0.258 e. The fourth-order valence-corrected chi connectivity index (χ4v) is 4.44. The standard InChI is InChI=1S/C24H26N6O2/c1-15-3-8-22-21(11-15)27-24(30(22)18-4-6-19(31)7-5-18)28-23(32)16-9-10-25-20(12-16)17-13-26-29(2)14-17/h3,8-14,18-19,31H,4-7H2,1-2H3,(H,27,28,32). The Bertz CT molecular complexity index is 1280. The van der Waals surface area contributed by atoms with Crippen LogP contribution in [0.2, 0.25) is 0 Å². The first kappa shape index (κ1) is 20.4. The van der Waals surface area contributed by atoms with Gasteiger partial charge in [0.25, 0.3) is 5.91 Å². The zero-order chi connectivity index (χ0) is 22.2. The number of carbonyl (C=O) groups excluding carboxylic acids is 1. The lowest BCUT2D eigenvalue weighted by Crippen LogP contribution is -2.23. The van der Waals surface area contributed by atoms with Crippen molar-refractivity contribution in [2.24, 2.45) is 7.05 Å². The van der Waals surface area contributed by atoms with Gasteiger partial charge >= 0.3 is 0 Å². The van der Waals surface area contributed by atoms with Crippen LogP contribution in [0.25, 0.3) is 22.3 Å². The molecule has 8 heteroatoms. The SMILES string of the molecule is Cc1ccc2c(c1)nc(NC(=O)c1ccnc(-c3cnn(C)c3)c1)n2C1CCC(O)CC1. The topological polar surface area (TPSA) is 97.9 Å². The van der Waals surface area contributed by atoms with E-state index in [1.54, 1.807) is 29.2 Å². The van der Waals surface area contributed by atoms with Gasteiger partial charge in [-0.05, 0) is 62.4 Å². The van der Waals surface area contributed by atoms with Crippen molar-refractivity contribution in [1.29, 1.82) is 0 Å². The summed E-state index contributed by atoms with van der Waals surface area (Å²) in [6.07, 6.45) is 8.18. The lowest BCUT2D eigenvalue weighted by Gasteiger charge is -2.28. The van der Waals surface area contributed by atoms with Gasteiger partial charge in [0, 0.05) is 36.6 Å². The van der Waals surface area contributed by atoms with Crippen molar-refractivity contribution in [3.8, 4) is 11.3 Å². The number of benzene rings is 1. The number of aliphatic hydroxyl groups is 1. The first-order chi connectivity index (χ1) is 15.5. The summed E-state index contributed by atoms with van der Waals surface area (Å²) in [5, 5.41) is 17.2. The molecule has 3 heterocycles. The molecule has 0 atom stereocenters. The Morgan fingerprint density at radius 3 is 2.72 bits per heavy atom. The molecule has 0 unspecified atom stereocenters. The maximum absolute atomic E-state index is 13.2. The monoisotopic (exact) mass is 430 g/mol. The first-order valence-electron chi connectivity index (χ1n) is 10.9. The van der Waals surface area contributed by atoms with Crippen molar-refractivity contribution in [3.05, 3.63) is 60.0 Å². The summed E-state index contributed by atoms with van der Waals surface area (Å²) in [5.74, 6) is 0.304. The molecule has 1 aliphatic carbocycles. The third-order valence-corrected chi connectivity index (χ3v) is 6.12. The van der Waals surface area contributed by atoms with Crippen LogP contribution in [0.4, 0.5) is 5.95 Å². The number of imidazole rings is 1. The van der Waals surface area contributed by atoms with E-state index in [1.807, 2.05) is 26.2 Å². The third-order valence-electron chi connectivity index (χ3n) is 6.12. The predicted octanol–water partition coefficient (Wildman–Crippen LogP) is 3.87. The van der Waals surface area contributed by atoms with Crippen LogP contribution in [-0.2, 0) is 7.05 Å². The van der Waals surface area contributed by atoms with E-state index in [1.165, 1.54) is 0 Å². The van der Waals surface area contributed by atoms with Gasteiger partial charge in [0.05, 0.1) is 29.0 Å². The summed E-state index contributed by atoms with van der Waals surface area (Å²) in [6, 6.07) is 9.80. The first-order valence-corrected chi connectivity index (χ1v) is 10.9. The van der Waals surface area contributed by atoms with Gasteiger partial charge in [-0.15, -0.1) is 0 Å². The molecule has 1 aliphatic rings. The van der Waals surface area contributed by atoms with Gasteiger partial charge in [-0.2, -0.15) is 5.10 Å². The molecule has 0 aliphatic heterocycles. The number of carbonyl (C=O) groups is 1. The molecule has 0 radical (unpaired) electrons. The Labute approximate surface area is 185 Å². The number of amides is 1. The van der Waals surface area contributed by atoms with Crippen LogP contribution in [0.5, 0.6) is 0 Å². The highest BCUT2D eigenvalue weighted by molar-refractivity contribution is 6.04. The zero-order valence-electron chi connectivity index (χ0n) is 18.2. The maximum atomic E-state index is 13.2. The Morgan fingerprint density at radius 1 is 1.16 bits per heavy atom. The summed E-state index contributed by atoms with van der Waals surface area (Å²) in [4.78, 5) is 22.3. The van der Waals surface area contributed by atoms with Crippen LogP contribution in [0.3, 0.4) is 0 Å². The second-order valence-corrected chi connectivity index (χ2v) is 8.55. The van der Waals surface area contributed by atoms with E-state index >= 15 is 0 Å². The molecule has 0 saturated heterocycles. The van der Waals surface area contributed by atoms with E-state index in [9.17, 15) is 9.90 Å². The largest absolute Gasteiger partial charge is 0.393 e. The van der Waals surface area contributed by atoms with Gasteiger partial charge in [0.2, 0.25) is 5.95 Å². The number of pyridine rings is 1. The average Bonchev–Trinajstić information content (AvgIpc) is 3.37. The molecule has 3 aromatic heterocycles. The fourth-order valence-electron chi connectivity index (χ4n) is 4.44. The highest BCUT2D eigenvalue weighted by atomic mass is 16.3. The number of aromatic nitrogens is 5. The number of fused-ring (bicyclic) bond motifs is 1. The molecule has 5 rings (SSSR count). The number of hydrogen-bond donors (Lipinski definition) is 2. The van der Waals surface area contributed by atoms with Crippen molar-refractivity contribution in [2.45, 2.75) is 44.8 Å². The average molecular weight is 431 g/mol. The van der Waals surface area contributed by atoms with E-state index in [2.05, 4.69) is 32.1 Å². The van der Waals surface area contributed by atoms with Crippen molar-refractivity contribution in [1.82, 2.24) is 24.3 Å². The van der Waals surface area contributed by atoms with E-state index in [0.29, 0.717) is 17.2 Å².